The summed E-state index contributed by atoms with van der Waals surface area (Å²) >= 11 is 6.20. The zero-order valence-electron chi connectivity index (χ0n) is 11.2. The van der Waals surface area contributed by atoms with Gasteiger partial charge in [0.15, 0.2) is 0 Å². The van der Waals surface area contributed by atoms with Crippen LogP contribution in [-0.2, 0) is 22.7 Å². The third-order valence-electron chi connectivity index (χ3n) is 3.26. The standard InChI is InChI=1S/C12H17ClN4O2/c1-4-17-9(11(13)7(2)15-17)6-16-10(18)5-14-8(3)12(16)19/h8,14H,4-6H2,1-3H3. The smallest absolute Gasteiger partial charge is 0.246 e. The van der Waals surface area contributed by atoms with Crippen molar-refractivity contribution in [3.05, 3.63) is 16.4 Å². The molecule has 1 N–H and O–H groups in total. The summed E-state index contributed by atoms with van der Waals surface area (Å²) < 4.78 is 1.73. The van der Waals surface area contributed by atoms with Gasteiger partial charge in [-0.15, -0.1) is 0 Å². The number of rotatable bonds is 3. The minimum atomic E-state index is -0.351. The van der Waals surface area contributed by atoms with Crippen molar-refractivity contribution in [1.82, 2.24) is 20.0 Å². The number of carbonyl (C=O) groups is 2. The summed E-state index contributed by atoms with van der Waals surface area (Å²) in [5.41, 5.74) is 1.42. The molecule has 0 bridgehead atoms. The molecule has 0 aliphatic carbocycles. The number of nitrogens with one attached hydrogen (secondary N) is 1. The first kappa shape index (κ1) is 14.0. The third kappa shape index (κ3) is 2.50. The van der Waals surface area contributed by atoms with E-state index in [2.05, 4.69) is 10.4 Å². The second kappa shape index (κ2) is 5.30. The SMILES string of the molecule is CCn1nc(C)c(Cl)c1CN1C(=O)CNC(C)C1=O. The van der Waals surface area contributed by atoms with Crippen molar-refractivity contribution in [3.63, 3.8) is 0 Å². The van der Waals surface area contributed by atoms with Gasteiger partial charge in [-0.3, -0.25) is 24.5 Å². The Labute approximate surface area is 116 Å². The van der Waals surface area contributed by atoms with Crippen LogP contribution in [0.4, 0.5) is 0 Å². The van der Waals surface area contributed by atoms with E-state index in [9.17, 15) is 9.59 Å². The Kier molecular flexibility index (Phi) is 3.91. The Morgan fingerprint density at radius 1 is 1.47 bits per heavy atom. The zero-order valence-corrected chi connectivity index (χ0v) is 12.0. The fourth-order valence-electron chi connectivity index (χ4n) is 2.12. The molecule has 0 spiro atoms. The number of amides is 2. The molecule has 1 fully saturated rings. The lowest BCUT2D eigenvalue weighted by molar-refractivity contribution is -0.149. The van der Waals surface area contributed by atoms with Gasteiger partial charge in [0, 0.05) is 6.54 Å². The molecule has 1 atom stereocenters. The van der Waals surface area contributed by atoms with Gasteiger partial charge < -0.3 is 0 Å². The molecule has 19 heavy (non-hydrogen) atoms. The van der Waals surface area contributed by atoms with Gasteiger partial charge in [0.25, 0.3) is 0 Å². The summed E-state index contributed by atoms with van der Waals surface area (Å²) in [6.45, 7) is 6.48. The zero-order chi connectivity index (χ0) is 14.2. The van der Waals surface area contributed by atoms with Crippen molar-refractivity contribution in [1.29, 1.82) is 0 Å². The highest BCUT2D eigenvalue weighted by molar-refractivity contribution is 6.31. The molecule has 1 aliphatic rings. The molecule has 0 radical (unpaired) electrons. The summed E-state index contributed by atoms with van der Waals surface area (Å²) in [5.74, 6) is -0.463. The number of aromatic nitrogens is 2. The van der Waals surface area contributed by atoms with Crippen LogP contribution in [0, 0.1) is 6.92 Å². The van der Waals surface area contributed by atoms with Crippen LogP contribution in [-0.4, -0.2) is 39.1 Å². The number of hydrogen-bond acceptors (Lipinski definition) is 4. The van der Waals surface area contributed by atoms with Gasteiger partial charge in [0.05, 0.1) is 35.5 Å². The van der Waals surface area contributed by atoms with Crippen molar-refractivity contribution in [2.75, 3.05) is 6.54 Å². The highest BCUT2D eigenvalue weighted by Crippen LogP contribution is 2.22. The van der Waals surface area contributed by atoms with Gasteiger partial charge in [-0.25, -0.2) is 0 Å². The number of hydrogen-bond donors (Lipinski definition) is 1. The summed E-state index contributed by atoms with van der Waals surface area (Å²) in [5, 5.41) is 7.65. The van der Waals surface area contributed by atoms with E-state index in [-0.39, 0.29) is 30.9 Å². The first-order chi connectivity index (χ1) is 8.95. The van der Waals surface area contributed by atoms with E-state index in [0.29, 0.717) is 23.0 Å². The fraction of sp³-hybridized carbons (Fsp3) is 0.583. The lowest BCUT2D eigenvalue weighted by Gasteiger charge is -2.29. The van der Waals surface area contributed by atoms with E-state index < -0.39 is 0 Å². The van der Waals surface area contributed by atoms with E-state index in [1.807, 2.05) is 13.8 Å². The highest BCUT2D eigenvalue weighted by atomic mass is 35.5. The average Bonchev–Trinajstić information content (AvgIpc) is 2.66. The molecule has 2 rings (SSSR count). The van der Waals surface area contributed by atoms with Crippen molar-refractivity contribution in [2.45, 2.75) is 39.9 Å². The average molecular weight is 285 g/mol. The maximum atomic E-state index is 12.0. The van der Waals surface area contributed by atoms with Crippen LogP contribution in [0.1, 0.15) is 25.2 Å². The molecule has 1 aromatic rings. The Balaban J connectivity index is 2.29. The predicted octanol–water partition coefficient (Wildman–Crippen LogP) is 0.712. The van der Waals surface area contributed by atoms with Gasteiger partial charge in [0.1, 0.15) is 0 Å². The topological polar surface area (TPSA) is 67.2 Å². The normalized spacial score (nSPS) is 20.2. The summed E-state index contributed by atoms with van der Waals surface area (Å²) in [4.78, 5) is 25.1. The molecule has 1 unspecified atom stereocenters. The second-order valence-corrected chi connectivity index (χ2v) is 4.96. The number of nitrogens with zero attached hydrogens (tertiary/aromatic N) is 3. The molecule has 6 nitrogen and oxygen atoms in total. The number of aryl methyl sites for hydroxylation is 2. The maximum Gasteiger partial charge on any atom is 0.246 e. The molecular weight excluding hydrogens is 268 g/mol. The minimum absolute atomic E-state index is 0.170. The van der Waals surface area contributed by atoms with E-state index in [1.54, 1.807) is 11.6 Å². The first-order valence-corrected chi connectivity index (χ1v) is 6.62. The van der Waals surface area contributed by atoms with E-state index >= 15 is 0 Å². The van der Waals surface area contributed by atoms with Gasteiger partial charge in [-0.2, -0.15) is 5.10 Å². The van der Waals surface area contributed by atoms with Crippen LogP contribution < -0.4 is 5.32 Å². The molecule has 1 aromatic heterocycles. The molecule has 2 amide bonds. The quantitative estimate of drug-likeness (QED) is 0.830. The molecule has 0 saturated carbocycles. The first-order valence-electron chi connectivity index (χ1n) is 6.25. The Morgan fingerprint density at radius 2 is 2.16 bits per heavy atom. The lowest BCUT2D eigenvalue weighted by Crippen LogP contribution is -2.56. The Morgan fingerprint density at radius 3 is 2.79 bits per heavy atom. The minimum Gasteiger partial charge on any atom is -0.298 e. The van der Waals surface area contributed by atoms with Crippen molar-refractivity contribution in [3.8, 4) is 0 Å². The molecule has 0 aromatic carbocycles. The van der Waals surface area contributed by atoms with Gasteiger partial charge in [-0.1, -0.05) is 11.6 Å². The van der Waals surface area contributed by atoms with Gasteiger partial charge >= 0.3 is 0 Å². The maximum absolute atomic E-state index is 12.0. The van der Waals surface area contributed by atoms with Gasteiger partial charge in [0.2, 0.25) is 11.8 Å². The largest absolute Gasteiger partial charge is 0.298 e. The lowest BCUT2D eigenvalue weighted by atomic mass is 10.2. The monoisotopic (exact) mass is 284 g/mol. The number of imide groups is 1. The fourth-order valence-corrected chi connectivity index (χ4v) is 2.31. The van der Waals surface area contributed by atoms with E-state index in [4.69, 9.17) is 11.6 Å². The number of halogens is 1. The van der Waals surface area contributed by atoms with Crippen LogP contribution in [0.2, 0.25) is 5.02 Å². The predicted molar refractivity (Wildman–Crippen MR) is 70.7 cm³/mol. The summed E-state index contributed by atoms with van der Waals surface area (Å²) in [6.07, 6.45) is 0. The molecular formula is C12H17ClN4O2. The van der Waals surface area contributed by atoms with Gasteiger partial charge in [-0.05, 0) is 20.8 Å². The molecule has 1 aliphatic heterocycles. The van der Waals surface area contributed by atoms with Crippen molar-refractivity contribution in [2.24, 2.45) is 0 Å². The second-order valence-electron chi connectivity index (χ2n) is 4.58. The van der Waals surface area contributed by atoms with Crippen LogP contribution in [0.25, 0.3) is 0 Å². The van der Waals surface area contributed by atoms with Crippen LogP contribution >= 0.6 is 11.6 Å². The molecule has 7 heteroatoms. The molecule has 1 saturated heterocycles. The Hall–Kier alpha value is -1.40. The van der Waals surface area contributed by atoms with Crippen molar-refractivity contribution < 1.29 is 9.59 Å². The highest BCUT2D eigenvalue weighted by Gasteiger charge is 2.32. The third-order valence-corrected chi connectivity index (χ3v) is 3.75. The number of carbonyl (C=O) groups excluding carboxylic acids is 2. The van der Waals surface area contributed by atoms with Crippen LogP contribution in [0.5, 0.6) is 0 Å². The van der Waals surface area contributed by atoms with E-state index in [0.717, 1.165) is 0 Å². The van der Waals surface area contributed by atoms with Crippen LogP contribution in [0.3, 0.4) is 0 Å². The summed E-state index contributed by atoms with van der Waals surface area (Å²) in [6, 6.07) is -0.351. The molecule has 104 valence electrons. The Bertz CT molecular complexity index is 526. The van der Waals surface area contributed by atoms with Crippen molar-refractivity contribution >= 4 is 23.4 Å². The number of piperazine rings is 1. The summed E-state index contributed by atoms with van der Waals surface area (Å²) in [7, 11) is 0. The van der Waals surface area contributed by atoms with E-state index in [1.165, 1.54) is 4.90 Å². The van der Waals surface area contributed by atoms with Crippen LogP contribution in [0.15, 0.2) is 0 Å². The molecule has 2 heterocycles.